The van der Waals surface area contributed by atoms with Crippen LogP contribution < -0.4 is 5.32 Å². The van der Waals surface area contributed by atoms with Crippen LogP contribution in [0.15, 0.2) is 42.7 Å². The van der Waals surface area contributed by atoms with Crippen molar-refractivity contribution in [3.05, 3.63) is 65.2 Å². The summed E-state index contributed by atoms with van der Waals surface area (Å²) in [4.78, 5) is 24.3. The number of aryl methyl sites for hydroxylation is 1. The van der Waals surface area contributed by atoms with Crippen LogP contribution in [0.25, 0.3) is 5.69 Å². The molecule has 0 bridgehead atoms. The van der Waals surface area contributed by atoms with Crippen molar-refractivity contribution in [2.75, 3.05) is 0 Å². The van der Waals surface area contributed by atoms with Crippen LogP contribution in [0.4, 0.5) is 0 Å². The van der Waals surface area contributed by atoms with Crippen molar-refractivity contribution in [1.29, 1.82) is 0 Å². The molecule has 0 unspecified atom stereocenters. The number of Topliss-reactive ketones (excluding diaryl/α,β-unsaturated/α-hetero) is 1. The summed E-state index contributed by atoms with van der Waals surface area (Å²) in [6, 6.07) is 9.54. The molecular weight excluding hydrogens is 354 g/mol. The highest BCUT2D eigenvalue weighted by Gasteiger charge is 2.20. The molecule has 0 radical (unpaired) electrons. The molecule has 0 aliphatic heterocycles. The van der Waals surface area contributed by atoms with E-state index in [2.05, 4.69) is 15.5 Å². The first kappa shape index (κ1) is 19.5. The largest absolute Gasteiger partial charge is 0.352 e. The van der Waals surface area contributed by atoms with E-state index in [1.807, 2.05) is 57.3 Å². The maximum Gasteiger partial charge on any atom is 0.222 e. The molecule has 2 heterocycles. The molecule has 7 heteroatoms. The van der Waals surface area contributed by atoms with E-state index >= 15 is 0 Å². The molecule has 2 aromatic heterocycles. The van der Waals surface area contributed by atoms with Crippen LogP contribution in [-0.4, -0.2) is 31.3 Å². The fourth-order valence-electron chi connectivity index (χ4n) is 3.52. The molecule has 0 saturated heterocycles. The molecule has 1 aromatic carbocycles. The molecule has 0 saturated carbocycles. The quantitative estimate of drug-likeness (QED) is 0.639. The Morgan fingerprint density at radius 2 is 1.93 bits per heavy atom. The van der Waals surface area contributed by atoms with Gasteiger partial charge in [-0.1, -0.05) is 18.2 Å². The smallest absolute Gasteiger partial charge is 0.222 e. The summed E-state index contributed by atoms with van der Waals surface area (Å²) in [6.45, 7) is 7.57. The number of nitrogens with one attached hydrogen (secondary N) is 1. The molecule has 28 heavy (non-hydrogen) atoms. The minimum atomic E-state index is -0.145. The van der Waals surface area contributed by atoms with Gasteiger partial charge in [0, 0.05) is 31.1 Å². The molecule has 0 spiro atoms. The maximum absolute atomic E-state index is 12.5. The Bertz CT molecular complexity index is 988. The first-order valence-electron chi connectivity index (χ1n) is 9.29. The Morgan fingerprint density at radius 3 is 2.57 bits per heavy atom. The molecule has 3 aromatic rings. The number of carbonyl (C=O) groups excluding carboxylic acids is 2. The molecule has 1 atom stereocenters. The number of ketones is 1. The lowest BCUT2D eigenvalue weighted by Crippen LogP contribution is -2.26. The van der Waals surface area contributed by atoms with Crippen molar-refractivity contribution in [1.82, 2.24) is 24.9 Å². The van der Waals surface area contributed by atoms with Gasteiger partial charge in [0.2, 0.25) is 5.91 Å². The summed E-state index contributed by atoms with van der Waals surface area (Å²) in [7, 11) is 0. The average Bonchev–Trinajstić information content (AvgIpc) is 3.28. The molecule has 0 fully saturated rings. The zero-order valence-electron chi connectivity index (χ0n) is 16.6. The predicted molar refractivity (Wildman–Crippen MR) is 106 cm³/mol. The van der Waals surface area contributed by atoms with E-state index in [0.717, 1.165) is 16.9 Å². The van der Waals surface area contributed by atoms with Gasteiger partial charge in [-0.05, 0) is 45.4 Å². The van der Waals surface area contributed by atoms with E-state index in [1.165, 1.54) is 6.92 Å². The number of para-hydroxylation sites is 1. The second-order valence-corrected chi connectivity index (χ2v) is 6.96. The van der Waals surface area contributed by atoms with E-state index in [4.69, 9.17) is 0 Å². The van der Waals surface area contributed by atoms with Crippen LogP contribution in [-0.2, 0) is 11.3 Å². The summed E-state index contributed by atoms with van der Waals surface area (Å²) < 4.78 is 3.55. The number of nitrogens with zero attached hydrogens (tertiary/aromatic N) is 4. The number of carbonyl (C=O) groups is 2. The van der Waals surface area contributed by atoms with Crippen molar-refractivity contribution in [3.8, 4) is 5.69 Å². The van der Waals surface area contributed by atoms with E-state index in [1.54, 1.807) is 15.6 Å². The van der Waals surface area contributed by atoms with Gasteiger partial charge in [0.25, 0.3) is 0 Å². The topological polar surface area (TPSA) is 81.8 Å². The van der Waals surface area contributed by atoms with E-state index in [-0.39, 0.29) is 24.2 Å². The number of hydrogen-bond donors (Lipinski definition) is 1. The van der Waals surface area contributed by atoms with E-state index in [0.29, 0.717) is 17.8 Å². The number of amides is 1. The highest BCUT2D eigenvalue weighted by atomic mass is 16.1. The van der Waals surface area contributed by atoms with Gasteiger partial charge in [0.05, 0.1) is 23.0 Å². The molecule has 1 N–H and O–H groups in total. The van der Waals surface area contributed by atoms with Crippen LogP contribution in [0, 0.1) is 13.8 Å². The van der Waals surface area contributed by atoms with Gasteiger partial charge in [-0.3, -0.25) is 14.3 Å². The maximum atomic E-state index is 12.5. The number of benzene rings is 1. The second kappa shape index (κ2) is 8.21. The Labute approximate surface area is 164 Å². The molecule has 1 amide bonds. The van der Waals surface area contributed by atoms with E-state index < -0.39 is 0 Å². The van der Waals surface area contributed by atoms with Gasteiger partial charge in [-0.25, -0.2) is 4.68 Å². The lowest BCUT2D eigenvalue weighted by Gasteiger charge is -2.15. The summed E-state index contributed by atoms with van der Waals surface area (Å²) in [5.74, 6) is -0.0761. The normalized spacial score (nSPS) is 12.0. The van der Waals surface area contributed by atoms with Gasteiger partial charge in [0.1, 0.15) is 0 Å². The fraction of sp³-hybridized carbons (Fsp3) is 0.333. The fourth-order valence-corrected chi connectivity index (χ4v) is 3.52. The molecule has 146 valence electrons. The summed E-state index contributed by atoms with van der Waals surface area (Å²) in [6.07, 6.45) is 3.88. The lowest BCUT2D eigenvalue weighted by atomic mass is 10.1. The molecule has 3 rings (SSSR count). The van der Waals surface area contributed by atoms with Gasteiger partial charge in [0.15, 0.2) is 5.78 Å². The summed E-state index contributed by atoms with van der Waals surface area (Å²) in [5, 5.41) is 11.7. The zero-order chi connectivity index (χ0) is 20.3. The predicted octanol–water partition coefficient (Wildman–Crippen LogP) is 3.16. The Balaban J connectivity index is 1.66. The number of aromatic nitrogens is 4. The van der Waals surface area contributed by atoms with Gasteiger partial charge in [-0.2, -0.15) is 10.2 Å². The summed E-state index contributed by atoms with van der Waals surface area (Å²) in [5.41, 5.74) is 4.06. The minimum absolute atomic E-state index is 0.00636. The van der Waals surface area contributed by atoms with Crippen molar-refractivity contribution < 1.29 is 9.59 Å². The average molecular weight is 379 g/mol. The van der Waals surface area contributed by atoms with Crippen LogP contribution >= 0.6 is 0 Å². The van der Waals surface area contributed by atoms with Gasteiger partial charge in [-0.15, -0.1) is 0 Å². The summed E-state index contributed by atoms with van der Waals surface area (Å²) >= 11 is 0. The van der Waals surface area contributed by atoms with Crippen LogP contribution in [0.5, 0.6) is 0 Å². The van der Waals surface area contributed by atoms with Crippen molar-refractivity contribution >= 4 is 11.7 Å². The number of hydrogen-bond acceptors (Lipinski definition) is 4. The highest BCUT2D eigenvalue weighted by Crippen LogP contribution is 2.20. The Kier molecular flexibility index (Phi) is 5.73. The second-order valence-electron chi connectivity index (χ2n) is 6.96. The molecular formula is C21H25N5O2. The van der Waals surface area contributed by atoms with Gasteiger partial charge < -0.3 is 5.32 Å². The SMILES string of the molecule is CC(=O)c1c(C)nn([C@H](C)CC(=O)NCc2ccccc2-n2cccn2)c1C. The van der Waals surface area contributed by atoms with Crippen LogP contribution in [0.2, 0.25) is 0 Å². The Hall–Kier alpha value is -3.22. The third-order valence-corrected chi connectivity index (χ3v) is 4.79. The van der Waals surface area contributed by atoms with Crippen LogP contribution in [0.3, 0.4) is 0 Å². The minimum Gasteiger partial charge on any atom is -0.352 e. The van der Waals surface area contributed by atoms with Crippen molar-refractivity contribution in [3.63, 3.8) is 0 Å². The number of rotatable bonds is 7. The third-order valence-electron chi connectivity index (χ3n) is 4.79. The molecule has 7 nitrogen and oxygen atoms in total. The van der Waals surface area contributed by atoms with Crippen molar-refractivity contribution in [2.24, 2.45) is 0 Å². The first-order chi connectivity index (χ1) is 13.4. The van der Waals surface area contributed by atoms with E-state index in [9.17, 15) is 9.59 Å². The third kappa shape index (κ3) is 4.03. The first-order valence-corrected chi connectivity index (χ1v) is 9.29. The van der Waals surface area contributed by atoms with Crippen molar-refractivity contribution in [2.45, 2.75) is 46.7 Å². The molecule has 0 aliphatic carbocycles. The highest BCUT2D eigenvalue weighted by molar-refractivity contribution is 5.96. The monoisotopic (exact) mass is 379 g/mol. The van der Waals surface area contributed by atoms with Crippen LogP contribution in [0.1, 0.15) is 53.6 Å². The van der Waals surface area contributed by atoms with Gasteiger partial charge >= 0.3 is 0 Å². The zero-order valence-corrected chi connectivity index (χ0v) is 16.6. The molecule has 0 aliphatic rings. The standard InChI is InChI=1S/C21H25N5O2/c1-14(26-16(3)21(17(4)27)15(2)24-26)12-20(28)22-13-18-8-5-6-9-19(18)25-11-7-10-23-25/h5-11,14H,12-13H2,1-4H3,(H,22,28)/t14-/m1/s1. The lowest BCUT2D eigenvalue weighted by molar-refractivity contribution is -0.122. The Morgan fingerprint density at radius 1 is 1.18 bits per heavy atom.